The number of hydrogen-bond donors (Lipinski definition) is 0. The highest BCUT2D eigenvalue weighted by Crippen LogP contribution is 2.67. The standard InChI is InChI=1S/C12H27BrP/c1-4-7-10-14(13,11-8-5-2)12-9-6-3/h4-12H2,1-3H3. The van der Waals surface area contributed by atoms with Crippen molar-refractivity contribution in [3.05, 3.63) is 0 Å². The lowest BCUT2D eigenvalue weighted by Crippen LogP contribution is -2.02. The number of hydrogen-bond acceptors (Lipinski definition) is 0. The van der Waals surface area contributed by atoms with Crippen LogP contribution in [0.3, 0.4) is 0 Å². The van der Waals surface area contributed by atoms with Gasteiger partial charge in [-0.25, -0.2) is 0 Å². The molecule has 0 aliphatic rings. The van der Waals surface area contributed by atoms with E-state index >= 15 is 0 Å². The minimum absolute atomic E-state index is 0.706. The van der Waals surface area contributed by atoms with Crippen molar-refractivity contribution in [2.24, 2.45) is 0 Å². The Bertz CT molecular complexity index is 104. The SMILES string of the molecule is CCCC[P](Br)(CCCC)CCCC. The Balaban J connectivity index is 3.89. The highest BCUT2D eigenvalue weighted by atomic mass is 79.9. The van der Waals surface area contributed by atoms with Crippen molar-refractivity contribution in [2.75, 3.05) is 18.5 Å². The van der Waals surface area contributed by atoms with E-state index in [1.54, 1.807) is 0 Å². The van der Waals surface area contributed by atoms with Crippen LogP contribution in [-0.2, 0) is 0 Å². The van der Waals surface area contributed by atoms with Gasteiger partial charge in [-0.05, 0) is 37.7 Å². The van der Waals surface area contributed by atoms with Gasteiger partial charge in [-0.3, -0.25) is 0 Å². The molecule has 0 N–H and O–H groups in total. The van der Waals surface area contributed by atoms with Crippen LogP contribution in [0.25, 0.3) is 0 Å². The second kappa shape index (κ2) is 9.16. The smallest absolute Gasteiger partial charge is 0.0267 e. The first-order valence-corrected chi connectivity index (χ1v) is 10.6. The fraction of sp³-hybridized carbons (Fsp3) is 1.00. The predicted molar refractivity (Wildman–Crippen MR) is 75.2 cm³/mol. The van der Waals surface area contributed by atoms with Gasteiger partial charge < -0.3 is 0 Å². The van der Waals surface area contributed by atoms with Gasteiger partial charge >= 0.3 is 0 Å². The number of halogens is 1. The molecule has 0 fully saturated rings. The summed E-state index contributed by atoms with van der Waals surface area (Å²) in [5.74, 6) is -0.706. The molecule has 0 saturated carbocycles. The van der Waals surface area contributed by atoms with Crippen LogP contribution in [-0.4, -0.2) is 18.5 Å². The zero-order valence-electron chi connectivity index (χ0n) is 10.2. The van der Waals surface area contributed by atoms with Gasteiger partial charge in [0.1, 0.15) is 0 Å². The van der Waals surface area contributed by atoms with Crippen molar-refractivity contribution < 1.29 is 0 Å². The number of rotatable bonds is 9. The van der Waals surface area contributed by atoms with Gasteiger partial charge in [-0.15, -0.1) is 0 Å². The van der Waals surface area contributed by atoms with Gasteiger partial charge in [0.25, 0.3) is 0 Å². The Morgan fingerprint density at radius 2 is 1.00 bits per heavy atom. The monoisotopic (exact) mass is 281 g/mol. The Hall–Kier alpha value is 0.910. The van der Waals surface area contributed by atoms with E-state index in [4.69, 9.17) is 0 Å². The summed E-state index contributed by atoms with van der Waals surface area (Å²) in [6, 6.07) is 0. The first-order valence-electron chi connectivity index (χ1n) is 6.24. The molecule has 0 amide bonds. The summed E-state index contributed by atoms with van der Waals surface area (Å²) >= 11 is 4.10. The second-order valence-corrected chi connectivity index (χ2v) is 12.2. The first-order chi connectivity index (χ1) is 6.68. The summed E-state index contributed by atoms with van der Waals surface area (Å²) < 4.78 is 0. The molecular formula is C12H27BrP. The average Bonchev–Trinajstić information content (AvgIpc) is 2.21. The van der Waals surface area contributed by atoms with Gasteiger partial charge in [0.2, 0.25) is 0 Å². The minimum atomic E-state index is -0.706. The summed E-state index contributed by atoms with van der Waals surface area (Å²) in [6.45, 7) is 6.91. The Morgan fingerprint density at radius 1 is 0.714 bits per heavy atom. The molecule has 0 aliphatic heterocycles. The summed E-state index contributed by atoms with van der Waals surface area (Å²) in [5, 5.41) is 0. The van der Waals surface area contributed by atoms with E-state index in [2.05, 4.69) is 36.3 Å². The summed E-state index contributed by atoms with van der Waals surface area (Å²) in [6.07, 6.45) is 12.8. The molecule has 0 heterocycles. The highest BCUT2D eigenvalue weighted by Gasteiger charge is 2.21. The molecule has 2 heteroatoms. The fourth-order valence-corrected chi connectivity index (χ4v) is 7.24. The molecule has 1 radical (unpaired) electrons. The maximum atomic E-state index is 4.10. The van der Waals surface area contributed by atoms with E-state index in [-0.39, 0.29) is 0 Å². The van der Waals surface area contributed by atoms with Crippen molar-refractivity contribution in [3.8, 4) is 0 Å². The van der Waals surface area contributed by atoms with Crippen LogP contribution in [0.4, 0.5) is 0 Å². The molecule has 0 spiro atoms. The average molecular weight is 282 g/mol. The molecule has 0 rings (SSSR count). The Kier molecular flexibility index (Phi) is 9.75. The third-order valence-corrected chi connectivity index (χ3v) is 9.28. The molecule has 0 bridgehead atoms. The van der Waals surface area contributed by atoms with Crippen LogP contribution in [0.5, 0.6) is 0 Å². The van der Waals surface area contributed by atoms with Crippen molar-refractivity contribution in [2.45, 2.75) is 59.3 Å². The molecular weight excluding hydrogens is 255 g/mol. The molecule has 87 valence electrons. The minimum Gasteiger partial charge on any atom is -0.0658 e. The first kappa shape index (κ1) is 14.9. The van der Waals surface area contributed by atoms with Crippen LogP contribution in [0.2, 0.25) is 0 Å². The molecule has 0 aromatic heterocycles. The molecule has 14 heavy (non-hydrogen) atoms. The molecule has 0 aliphatic carbocycles. The van der Waals surface area contributed by atoms with Crippen molar-refractivity contribution in [1.82, 2.24) is 0 Å². The molecule has 0 aromatic rings. The maximum absolute atomic E-state index is 4.10. The maximum Gasteiger partial charge on any atom is -0.0267 e. The molecule has 0 unspecified atom stereocenters. The van der Waals surface area contributed by atoms with Crippen LogP contribution >= 0.6 is 21.5 Å². The zero-order valence-corrected chi connectivity index (χ0v) is 12.7. The lowest BCUT2D eigenvalue weighted by atomic mass is 10.4. The van der Waals surface area contributed by atoms with Gasteiger partial charge in [-0.1, -0.05) is 61.5 Å². The third kappa shape index (κ3) is 7.23. The van der Waals surface area contributed by atoms with E-state index in [1.165, 1.54) is 57.0 Å². The lowest BCUT2D eigenvalue weighted by molar-refractivity contribution is 0.845. The van der Waals surface area contributed by atoms with Gasteiger partial charge in [-0.2, -0.15) is 0 Å². The predicted octanol–water partition coefficient (Wildman–Crippen LogP) is 5.71. The van der Waals surface area contributed by atoms with E-state index in [9.17, 15) is 0 Å². The van der Waals surface area contributed by atoms with Gasteiger partial charge in [0.15, 0.2) is 0 Å². The Labute approximate surface area is 99.3 Å². The number of unbranched alkanes of at least 4 members (excludes halogenated alkanes) is 3. The molecule has 0 saturated heterocycles. The van der Waals surface area contributed by atoms with E-state index in [0.717, 1.165) is 0 Å². The lowest BCUT2D eigenvalue weighted by Gasteiger charge is -2.30. The van der Waals surface area contributed by atoms with Crippen LogP contribution in [0, 0.1) is 0 Å². The van der Waals surface area contributed by atoms with E-state index in [1.807, 2.05) is 0 Å². The zero-order chi connectivity index (χ0) is 10.9. The van der Waals surface area contributed by atoms with Gasteiger partial charge in [0.05, 0.1) is 0 Å². The second-order valence-electron chi connectivity index (χ2n) is 4.26. The highest BCUT2D eigenvalue weighted by molar-refractivity contribution is 9.42. The largest absolute Gasteiger partial charge is 0.0658 e. The molecule has 0 nitrogen and oxygen atoms in total. The van der Waals surface area contributed by atoms with E-state index in [0.29, 0.717) is 0 Å². The summed E-state index contributed by atoms with van der Waals surface area (Å²) in [5.41, 5.74) is 0. The quantitative estimate of drug-likeness (QED) is 0.475. The van der Waals surface area contributed by atoms with Crippen molar-refractivity contribution in [1.29, 1.82) is 0 Å². The van der Waals surface area contributed by atoms with Crippen LogP contribution in [0.15, 0.2) is 0 Å². The Morgan fingerprint density at radius 3 is 1.21 bits per heavy atom. The van der Waals surface area contributed by atoms with Gasteiger partial charge in [0, 0.05) is 0 Å². The van der Waals surface area contributed by atoms with Crippen LogP contribution in [0.1, 0.15) is 59.3 Å². The fourth-order valence-electron chi connectivity index (χ4n) is 1.66. The summed E-state index contributed by atoms with van der Waals surface area (Å²) in [7, 11) is 0. The molecule has 0 aromatic carbocycles. The summed E-state index contributed by atoms with van der Waals surface area (Å²) in [4.78, 5) is 0. The topological polar surface area (TPSA) is 0 Å². The van der Waals surface area contributed by atoms with E-state index < -0.39 is 5.96 Å². The molecule has 0 atom stereocenters. The van der Waals surface area contributed by atoms with Crippen molar-refractivity contribution in [3.63, 3.8) is 0 Å². The normalized spacial score (nSPS) is 12.0. The van der Waals surface area contributed by atoms with Crippen molar-refractivity contribution >= 4 is 21.5 Å². The van der Waals surface area contributed by atoms with Crippen LogP contribution < -0.4 is 0 Å². The third-order valence-electron chi connectivity index (χ3n) is 2.74.